The number of nitrogens with zero attached hydrogens (tertiary/aromatic N) is 4. The molecule has 36 heavy (non-hydrogen) atoms. The predicted octanol–water partition coefficient (Wildman–Crippen LogP) is 3.28. The van der Waals surface area contributed by atoms with Gasteiger partial charge in [-0.3, -0.25) is 4.79 Å². The Kier molecular flexibility index (Phi) is 6.86. The van der Waals surface area contributed by atoms with Crippen LogP contribution >= 0.6 is 11.6 Å². The van der Waals surface area contributed by atoms with Crippen molar-refractivity contribution < 1.29 is 18.3 Å². The van der Waals surface area contributed by atoms with E-state index >= 15 is 0 Å². The molecular formula is C23H26ClN7O4S. The quantitative estimate of drug-likeness (QED) is 0.339. The minimum absolute atomic E-state index is 0.00302. The molecule has 0 radical (unpaired) electrons. The molecule has 0 spiro atoms. The fourth-order valence-corrected chi connectivity index (χ4v) is 4.65. The van der Waals surface area contributed by atoms with E-state index in [4.69, 9.17) is 11.6 Å². The van der Waals surface area contributed by atoms with Gasteiger partial charge in [0.15, 0.2) is 21.3 Å². The van der Waals surface area contributed by atoms with Crippen LogP contribution in [-0.2, 0) is 15.4 Å². The Labute approximate surface area is 213 Å². The van der Waals surface area contributed by atoms with Crippen molar-refractivity contribution in [3.8, 4) is 0 Å². The summed E-state index contributed by atoms with van der Waals surface area (Å²) in [6, 6.07) is 6.25. The van der Waals surface area contributed by atoms with Crippen LogP contribution in [0.25, 0.3) is 0 Å². The molecule has 0 atom stereocenters. The molecule has 0 saturated heterocycles. The van der Waals surface area contributed by atoms with Crippen LogP contribution in [0.15, 0.2) is 35.4 Å². The summed E-state index contributed by atoms with van der Waals surface area (Å²) in [4.78, 5) is 21.3. The van der Waals surface area contributed by atoms with E-state index in [0.717, 1.165) is 24.8 Å². The second-order valence-electron chi connectivity index (χ2n) is 9.06. The van der Waals surface area contributed by atoms with Crippen molar-refractivity contribution in [2.24, 2.45) is 0 Å². The molecule has 190 valence electrons. The van der Waals surface area contributed by atoms with Crippen LogP contribution in [0.5, 0.6) is 0 Å². The van der Waals surface area contributed by atoms with Crippen LogP contribution in [0.4, 0.5) is 23.1 Å². The van der Waals surface area contributed by atoms with Gasteiger partial charge < -0.3 is 21.1 Å². The number of anilines is 4. The molecule has 13 heteroatoms. The fourth-order valence-electron chi connectivity index (χ4n) is 3.50. The highest BCUT2D eigenvalue weighted by Crippen LogP contribution is 2.40. The maximum absolute atomic E-state index is 12.5. The van der Waals surface area contributed by atoms with Crippen molar-refractivity contribution in [2.45, 2.75) is 43.1 Å². The molecule has 11 nitrogen and oxygen atoms in total. The number of aliphatic hydroxyl groups is 1. The van der Waals surface area contributed by atoms with E-state index in [9.17, 15) is 18.3 Å². The highest BCUT2D eigenvalue weighted by Gasteiger charge is 2.28. The molecule has 3 heterocycles. The third kappa shape index (κ3) is 5.72. The third-order valence-corrected chi connectivity index (χ3v) is 6.97. The zero-order chi connectivity index (χ0) is 26.3. The van der Waals surface area contributed by atoms with E-state index in [1.54, 1.807) is 19.9 Å². The lowest BCUT2D eigenvalue weighted by Crippen LogP contribution is -2.22. The number of aromatic nitrogens is 4. The number of hydrogen-bond acceptors (Lipinski definition) is 10. The van der Waals surface area contributed by atoms with Gasteiger partial charge in [0.1, 0.15) is 16.5 Å². The lowest BCUT2D eigenvalue weighted by molar-refractivity contribution is 0.0783. The summed E-state index contributed by atoms with van der Waals surface area (Å²) < 4.78 is 24.8. The summed E-state index contributed by atoms with van der Waals surface area (Å²) in [6.07, 6.45) is 4.51. The zero-order valence-electron chi connectivity index (χ0n) is 20.1. The van der Waals surface area contributed by atoms with E-state index in [1.807, 2.05) is 0 Å². The lowest BCUT2D eigenvalue weighted by atomic mass is 10.0. The monoisotopic (exact) mass is 531 g/mol. The number of nitrogens with one attached hydrogen (secondary N) is 3. The van der Waals surface area contributed by atoms with Crippen molar-refractivity contribution in [2.75, 3.05) is 23.9 Å². The highest BCUT2D eigenvalue weighted by atomic mass is 35.5. The summed E-state index contributed by atoms with van der Waals surface area (Å²) in [5, 5.41) is 27.0. The largest absolute Gasteiger partial charge is 0.386 e. The third-order valence-electron chi connectivity index (χ3n) is 5.53. The van der Waals surface area contributed by atoms with E-state index in [2.05, 4.69) is 36.1 Å². The number of carbonyl (C=O) groups excluding carboxylic acids is 1. The van der Waals surface area contributed by atoms with Crippen LogP contribution in [-0.4, -0.2) is 52.9 Å². The van der Waals surface area contributed by atoms with Crippen molar-refractivity contribution in [1.29, 1.82) is 0 Å². The molecule has 1 amide bonds. The van der Waals surface area contributed by atoms with Gasteiger partial charge in [0.05, 0.1) is 16.3 Å². The first kappa shape index (κ1) is 25.7. The molecule has 1 saturated carbocycles. The number of amides is 1. The molecule has 1 aliphatic rings. The number of halogens is 1. The Morgan fingerprint density at radius 3 is 2.44 bits per heavy atom. The Morgan fingerprint density at radius 2 is 1.86 bits per heavy atom. The molecule has 0 bridgehead atoms. The molecule has 4 N–H and O–H groups in total. The van der Waals surface area contributed by atoms with Gasteiger partial charge in [-0.25, -0.2) is 18.4 Å². The number of rotatable bonds is 8. The van der Waals surface area contributed by atoms with Gasteiger partial charge >= 0.3 is 0 Å². The molecule has 3 aromatic rings. The highest BCUT2D eigenvalue weighted by molar-refractivity contribution is 7.90. The molecule has 4 rings (SSSR count). The molecule has 1 fully saturated rings. The molecular weight excluding hydrogens is 506 g/mol. The van der Waals surface area contributed by atoms with Crippen molar-refractivity contribution >= 4 is 50.5 Å². The Balaban J connectivity index is 1.72. The van der Waals surface area contributed by atoms with Gasteiger partial charge in [-0.15, -0.1) is 10.2 Å². The number of sulfone groups is 1. The molecule has 1 aliphatic carbocycles. The van der Waals surface area contributed by atoms with E-state index in [-0.39, 0.29) is 33.8 Å². The Morgan fingerprint density at radius 1 is 1.14 bits per heavy atom. The van der Waals surface area contributed by atoms with Gasteiger partial charge in [0.2, 0.25) is 0 Å². The number of pyridine rings is 2. The lowest BCUT2D eigenvalue weighted by Gasteiger charge is -2.19. The van der Waals surface area contributed by atoms with Gasteiger partial charge in [0, 0.05) is 42.7 Å². The van der Waals surface area contributed by atoms with E-state index < -0.39 is 21.3 Å². The average molecular weight is 532 g/mol. The van der Waals surface area contributed by atoms with Crippen molar-refractivity contribution in [1.82, 2.24) is 25.5 Å². The maximum atomic E-state index is 12.5. The SMILES string of the molecule is CNC(=O)c1nnc(Nc2cc(Cl)c(C(C)(C)O)cn2)cc1Nc1nc(C2CC2)ccc1S(C)(=O)=O. The predicted molar refractivity (Wildman–Crippen MR) is 136 cm³/mol. The minimum atomic E-state index is -3.62. The summed E-state index contributed by atoms with van der Waals surface area (Å²) in [5.41, 5.74) is 0.194. The molecule has 3 aromatic heterocycles. The topological polar surface area (TPSA) is 159 Å². The second kappa shape index (κ2) is 9.60. The van der Waals surface area contributed by atoms with E-state index in [0.29, 0.717) is 16.4 Å². The molecule has 0 unspecified atom stereocenters. The van der Waals surface area contributed by atoms with Gasteiger partial charge in [-0.05, 0) is 44.9 Å². The zero-order valence-corrected chi connectivity index (χ0v) is 21.7. The summed E-state index contributed by atoms with van der Waals surface area (Å²) >= 11 is 6.30. The van der Waals surface area contributed by atoms with Gasteiger partial charge in [-0.1, -0.05) is 11.6 Å². The van der Waals surface area contributed by atoms with Crippen molar-refractivity contribution in [3.05, 3.63) is 52.4 Å². The van der Waals surface area contributed by atoms with Crippen LogP contribution < -0.4 is 16.0 Å². The minimum Gasteiger partial charge on any atom is -0.386 e. The fraction of sp³-hybridized carbons (Fsp3) is 0.348. The van der Waals surface area contributed by atoms with Gasteiger partial charge in [0.25, 0.3) is 5.91 Å². The van der Waals surface area contributed by atoms with Crippen LogP contribution in [0, 0.1) is 0 Å². The molecule has 0 aliphatic heterocycles. The Bertz CT molecular complexity index is 1440. The summed E-state index contributed by atoms with van der Waals surface area (Å²) in [5.74, 6) is 0.400. The molecule has 0 aromatic carbocycles. The van der Waals surface area contributed by atoms with Crippen LogP contribution in [0.2, 0.25) is 5.02 Å². The first-order valence-electron chi connectivity index (χ1n) is 11.1. The Hall–Kier alpha value is -3.35. The number of carbonyl (C=O) groups is 1. The second-order valence-corrected chi connectivity index (χ2v) is 11.5. The first-order valence-corrected chi connectivity index (χ1v) is 13.4. The van der Waals surface area contributed by atoms with Crippen molar-refractivity contribution in [3.63, 3.8) is 0 Å². The standard InChI is InChI=1S/C23H26ClN7O4S/c1-23(2,33)13-11-26-18(9-14(13)24)29-19-10-16(20(31-30-19)22(32)25-3)28-21-17(36(4,34)35)8-7-15(27-21)12-5-6-12/h7-12,33H,5-6H2,1-4H3,(H,25,32)(H2,26,27,28,29,30). The number of hydrogen-bond donors (Lipinski definition) is 4. The summed E-state index contributed by atoms with van der Waals surface area (Å²) in [7, 11) is -2.17. The maximum Gasteiger partial charge on any atom is 0.273 e. The average Bonchev–Trinajstić information content (AvgIpc) is 3.63. The van der Waals surface area contributed by atoms with Crippen LogP contribution in [0.3, 0.4) is 0 Å². The summed E-state index contributed by atoms with van der Waals surface area (Å²) in [6.45, 7) is 3.20. The smallest absolute Gasteiger partial charge is 0.273 e. The first-order chi connectivity index (χ1) is 16.9. The van der Waals surface area contributed by atoms with E-state index in [1.165, 1.54) is 31.4 Å². The van der Waals surface area contributed by atoms with Crippen LogP contribution in [0.1, 0.15) is 54.4 Å². The normalized spacial score (nSPS) is 13.8. The van der Waals surface area contributed by atoms with Gasteiger partial charge in [-0.2, -0.15) is 0 Å².